The van der Waals surface area contributed by atoms with Crippen LogP contribution in [0.25, 0.3) is 10.9 Å². The fourth-order valence-corrected chi connectivity index (χ4v) is 2.85. The summed E-state index contributed by atoms with van der Waals surface area (Å²) in [7, 11) is 0. The third kappa shape index (κ3) is 2.95. The Kier molecular flexibility index (Phi) is 4.08. The Balaban J connectivity index is 1.92. The lowest BCUT2D eigenvalue weighted by Crippen LogP contribution is -2.08. The number of nitrogens with zero attached hydrogens (tertiary/aromatic N) is 1. The van der Waals surface area contributed by atoms with E-state index < -0.39 is 0 Å². The predicted molar refractivity (Wildman–Crippen MR) is 88.1 cm³/mol. The van der Waals surface area contributed by atoms with Crippen LogP contribution in [-0.2, 0) is 6.61 Å². The molecule has 0 spiro atoms. The summed E-state index contributed by atoms with van der Waals surface area (Å²) in [5.74, 6) is 0.387. The molecule has 22 heavy (non-hydrogen) atoms. The molecule has 4 heteroatoms. The summed E-state index contributed by atoms with van der Waals surface area (Å²) >= 11 is 6.07. The van der Waals surface area contributed by atoms with Crippen molar-refractivity contribution in [1.82, 2.24) is 4.57 Å². The van der Waals surface area contributed by atoms with Gasteiger partial charge >= 0.3 is 0 Å². The Labute approximate surface area is 134 Å². The van der Waals surface area contributed by atoms with Crippen LogP contribution in [0.4, 0.5) is 4.39 Å². The minimum Gasteiger partial charge on any atom is -0.487 e. The van der Waals surface area contributed by atoms with Crippen molar-refractivity contribution in [3.05, 3.63) is 65.1 Å². The van der Waals surface area contributed by atoms with Gasteiger partial charge in [0.05, 0.1) is 5.69 Å². The zero-order valence-electron chi connectivity index (χ0n) is 12.5. The van der Waals surface area contributed by atoms with Crippen molar-refractivity contribution in [3.8, 4) is 5.75 Å². The summed E-state index contributed by atoms with van der Waals surface area (Å²) in [4.78, 5) is 0. The third-order valence-corrected chi connectivity index (χ3v) is 3.83. The molecule has 0 saturated carbocycles. The Morgan fingerprint density at radius 2 is 1.82 bits per heavy atom. The number of fused-ring (bicyclic) bond motifs is 1. The maximum absolute atomic E-state index is 12.9. The summed E-state index contributed by atoms with van der Waals surface area (Å²) in [5.41, 5.74) is 2.20. The topological polar surface area (TPSA) is 14.2 Å². The maximum atomic E-state index is 12.9. The van der Waals surface area contributed by atoms with Gasteiger partial charge in [0.1, 0.15) is 18.2 Å². The number of rotatable bonds is 4. The van der Waals surface area contributed by atoms with Crippen molar-refractivity contribution in [2.24, 2.45) is 0 Å². The lowest BCUT2D eigenvalue weighted by molar-refractivity contribution is 0.292. The predicted octanol–water partition coefficient (Wildman–Crippen LogP) is 5.59. The highest BCUT2D eigenvalue weighted by Crippen LogP contribution is 2.27. The van der Waals surface area contributed by atoms with Crippen LogP contribution in [0.1, 0.15) is 25.6 Å². The number of hydrogen-bond acceptors (Lipinski definition) is 1. The van der Waals surface area contributed by atoms with Crippen LogP contribution in [-0.4, -0.2) is 4.57 Å². The molecule has 0 aliphatic carbocycles. The minimum absolute atomic E-state index is 0.265. The molecule has 0 N–H and O–H groups in total. The average Bonchev–Trinajstić information content (AvgIpc) is 2.84. The summed E-state index contributed by atoms with van der Waals surface area (Å²) in [6.45, 7) is 4.70. The molecule has 0 unspecified atom stereocenters. The normalized spacial score (nSPS) is 11.3. The lowest BCUT2D eigenvalue weighted by atomic mass is 10.2. The van der Waals surface area contributed by atoms with E-state index in [1.807, 2.05) is 18.2 Å². The van der Waals surface area contributed by atoms with Crippen molar-refractivity contribution in [2.75, 3.05) is 0 Å². The molecule has 0 radical (unpaired) electrons. The first-order valence-corrected chi connectivity index (χ1v) is 7.60. The first-order valence-electron chi connectivity index (χ1n) is 7.22. The van der Waals surface area contributed by atoms with Gasteiger partial charge in [-0.25, -0.2) is 4.39 Å². The van der Waals surface area contributed by atoms with Crippen LogP contribution in [0.15, 0.2) is 48.5 Å². The molecule has 1 aromatic heterocycles. The fraction of sp³-hybridized carbons (Fsp3) is 0.222. The molecule has 0 bridgehead atoms. The highest BCUT2D eigenvalue weighted by atomic mass is 35.5. The van der Waals surface area contributed by atoms with E-state index in [9.17, 15) is 4.39 Å². The van der Waals surface area contributed by atoms with Gasteiger partial charge in [-0.3, -0.25) is 0 Å². The molecule has 0 saturated heterocycles. The van der Waals surface area contributed by atoms with Gasteiger partial charge in [0, 0.05) is 22.0 Å². The SMILES string of the molecule is CC(C)n1c(COc2ccc(F)cc2)cc2cc(Cl)ccc21. The Morgan fingerprint density at radius 1 is 1.09 bits per heavy atom. The minimum atomic E-state index is -0.265. The average molecular weight is 318 g/mol. The van der Waals surface area contributed by atoms with E-state index in [0.717, 1.165) is 21.6 Å². The molecule has 0 fully saturated rings. The van der Waals surface area contributed by atoms with E-state index in [1.165, 1.54) is 12.1 Å². The molecule has 114 valence electrons. The maximum Gasteiger partial charge on any atom is 0.128 e. The van der Waals surface area contributed by atoms with Gasteiger partial charge in [-0.05, 0) is 62.4 Å². The Hall–Kier alpha value is -2.00. The van der Waals surface area contributed by atoms with Gasteiger partial charge in [-0.1, -0.05) is 11.6 Å². The number of halogens is 2. The first kappa shape index (κ1) is 14.9. The zero-order chi connectivity index (χ0) is 15.7. The van der Waals surface area contributed by atoms with E-state index in [4.69, 9.17) is 16.3 Å². The van der Waals surface area contributed by atoms with Gasteiger partial charge in [0.2, 0.25) is 0 Å². The molecule has 0 aliphatic rings. The van der Waals surface area contributed by atoms with Crippen LogP contribution in [0.3, 0.4) is 0 Å². The van der Waals surface area contributed by atoms with Crippen molar-refractivity contribution < 1.29 is 9.13 Å². The van der Waals surface area contributed by atoms with Gasteiger partial charge in [-0.2, -0.15) is 0 Å². The highest BCUT2D eigenvalue weighted by molar-refractivity contribution is 6.31. The molecular formula is C18H17ClFNO. The molecule has 3 rings (SSSR count). The van der Waals surface area contributed by atoms with Gasteiger partial charge in [0.25, 0.3) is 0 Å². The molecule has 2 aromatic carbocycles. The van der Waals surface area contributed by atoms with E-state index in [1.54, 1.807) is 12.1 Å². The van der Waals surface area contributed by atoms with Crippen molar-refractivity contribution in [2.45, 2.75) is 26.5 Å². The van der Waals surface area contributed by atoms with Gasteiger partial charge < -0.3 is 9.30 Å². The summed E-state index contributed by atoms with van der Waals surface area (Å²) in [6, 6.07) is 14.3. The molecule has 0 amide bonds. The second-order valence-electron chi connectivity index (χ2n) is 5.55. The second-order valence-corrected chi connectivity index (χ2v) is 5.98. The summed E-state index contributed by atoms with van der Waals surface area (Å²) in [6.07, 6.45) is 0. The first-order chi connectivity index (χ1) is 10.5. The third-order valence-electron chi connectivity index (χ3n) is 3.60. The largest absolute Gasteiger partial charge is 0.487 e. The van der Waals surface area contributed by atoms with E-state index >= 15 is 0 Å². The smallest absolute Gasteiger partial charge is 0.128 e. The number of hydrogen-bond donors (Lipinski definition) is 0. The second kappa shape index (κ2) is 6.01. The molecule has 1 heterocycles. The van der Waals surface area contributed by atoms with Crippen LogP contribution >= 0.6 is 11.6 Å². The van der Waals surface area contributed by atoms with Crippen LogP contribution in [0.5, 0.6) is 5.75 Å². The van der Waals surface area contributed by atoms with Crippen LogP contribution < -0.4 is 4.74 Å². The van der Waals surface area contributed by atoms with E-state index in [2.05, 4.69) is 24.5 Å². The standard InChI is InChI=1S/C18H17ClFNO/c1-12(2)21-16(10-13-9-14(19)3-8-18(13)21)11-22-17-6-4-15(20)5-7-17/h3-10,12H,11H2,1-2H3. The quantitative estimate of drug-likeness (QED) is 0.611. The van der Waals surface area contributed by atoms with Crippen molar-refractivity contribution in [3.63, 3.8) is 0 Å². The monoisotopic (exact) mass is 317 g/mol. The van der Waals surface area contributed by atoms with Crippen LogP contribution in [0.2, 0.25) is 5.02 Å². The van der Waals surface area contributed by atoms with Crippen molar-refractivity contribution in [1.29, 1.82) is 0 Å². The van der Waals surface area contributed by atoms with Gasteiger partial charge in [-0.15, -0.1) is 0 Å². The molecule has 2 nitrogen and oxygen atoms in total. The van der Waals surface area contributed by atoms with Gasteiger partial charge in [0.15, 0.2) is 0 Å². The number of ether oxygens (including phenoxy) is 1. The number of benzene rings is 2. The molecule has 0 aliphatic heterocycles. The van der Waals surface area contributed by atoms with E-state index in [0.29, 0.717) is 18.4 Å². The Morgan fingerprint density at radius 3 is 2.50 bits per heavy atom. The Bertz CT molecular complexity index is 793. The molecule has 3 aromatic rings. The van der Waals surface area contributed by atoms with Crippen molar-refractivity contribution >= 4 is 22.5 Å². The summed E-state index contributed by atoms with van der Waals surface area (Å²) in [5, 5.41) is 1.82. The fourth-order valence-electron chi connectivity index (χ4n) is 2.67. The molecule has 0 atom stereocenters. The number of aromatic nitrogens is 1. The zero-order valence-corrected chi connectivity index (χ0v) is 13.3. The lowest BCUT2D eigenvalue weighted by Gasteiger charge is -2.15. The summed E-state index contributed by atoms with van der Waals surface area (Å²) < 4.78 is 20.9. The van der Waals surface area contributed by atoms with Crippen LogP contribution in [0, 0.1) is 5.82 Å². The van der Waals surface area contributed by atoms with E-state index in [-0.39, 0.29) is 5.82 Å². The highest BCUT2D eigenvalue weighted by Gasteiger charge is 2.12. The molecular weight excluding hydrogens is 301 g/mol.